The van der Waals surface area contributed by atoms with E-state index < -0.39 is 5.97 Å². The second-order valence-electron chi connectivity index (χ2n) is 5.41. The summed E-state index contributed by atoms with van der Waals surface area (Å²) < 4.78 is 5.37. The van der Waals surface area contributed by atoms with Crippen LogP contribution in [0.25, 0.3) is 0 Å². The van der Waals surface area contributed by atoms with Crippen LogP contribution in [0.1, 0.15) is 23.7 Å². The Labute approximate surface area is 134 Å². The third-order valence-electron chi connectivity index (χ3n) is 3.66. The molecule has 0 spiro atoms. The number of Topliss-reactive ketones (excluding diaryl/α,β-unsaturated/α-hetero) is 1. The molecule has 0 bridgehead atoms. The van der Waals surface area contributed by atoms with Gasteiger partial charge in [0, 0.05) is 18.7 Å². The summed E-state index contributed by atoms with van der Waals surface area (Å²) in [5, 5.41) is 8.66. The summed E-state index contributed by atoms with van der Waals surface area (Å²) in [6.07, 6.45) is -0.0140. The number of carbonyl (C=O) groups is 3. The van der Waals surface area contributed by atoms with Crippen molar-refractivity contribution in [1.82, 2.24) is 4.90 Å². The molecule has 0 radical (unpaired) electrons. The molecule has 0 unspecified atom stereocenters. The first-order valence-corrected chi connectivity index (χ1v) is 7.43. The van der Waals surface area contributed by atoms with E-state index in [0.29, 0.717) is 30.1 Å². The Morgan fingerprint density at radius 2 is 2.13 bits per heavy atom. The van der Waals surface area contributed by atoms with Crippen LogP contribution >= 0.6 is 0 Å². The van der Waals surface area contributed by atoms with Gasteiger partial charge < -0.3 is 14.7 Å². The van der Waals surface area contributed by atoms with Gasteiger partial charge in [0.05, 0.1) is 18.7 Å². The van der Waals surface area contributed by atoms with Gasteiger partial charge in [0.25, 0.3) is 5.91 Å². The minimum Gasteiger partial charge on any atom is -0.482 e. The maximum atomic E-state index is 12.3. The van der Waals surface area contributed by atoms with Crippen LogP contribution in [0.15, 0.2) is 18.2 Å². The fourth-order valence-corrected chi connectivity index (χ4v) is 2.42. The summed E-state index contributed by atoms with van der Waals surface area (Å²) in [6.45, 7) is 2.79. The third kappa shape index (κ3) is 4.07. The van der Waals surface area contributed by atoms with Crippen molar-refractivity contribution in [2.75, 3.05) is 38.2 Å². The molecular formula is C16H20N2O5. The molecule has 1 N–H and O–H groups in total. The van der Waals surface area contributed by atoms with Gasteiger partial charge in [-0.05, 0) is 32.2 Å². The van der Waals surface area contributed by atoms with E-state index in [1.54, 1.807) is 35.0 Å². The molecule has 0 atom stereocenters. The van der Waals surface area contributed by atoms with E-state index in [1.807, 2.05) is 6.92 Å². The monoisotopic (exact) mass is 320 g/mol. The Hall–Kier alpha value is -2.41. The zero-order valence-corrected chi connectivity index (χ0v) is 13.2. The summed E-state index contributed by atoms with van der Waals surface area (Å²) in [5.74, 6) is -0.576. The number of ketones is 1. The molecule has 23 heavy (non-hydrogen) atoms. The Kier molecular flexibility index (Phi) is 5.33. The van der Waals surface area contributed by atoms with Gasteiger partial charge in [-0.3, -0.25) is 19.3 Å². The molecule has 124 valence electrons. The molecule has 0 aromatic heterocycles. The van der Waals surface area contributed by atoms with Crippen molar-refractivity contribution in [2.45, 2.75) is 13.3 Å². The average molecular weight is 320 g/mol. The summed E-state index contributed by atoms with van der Waals surface area (Å²) >= 11 is 0. The maximum Gasteiger partial charge on any atom is 0.304 e. The van der Waals surface area contributed by atoms with Crippen LogP contribution in [0, 0.1) is 0 Å². The first-order chi connectivity index (χ1) is 10.9. The van der Waals surface area contributed by atoms with Gasteiger partial charge in [0.1, 0.15) is 5.75 Å². The van der Waals surface area contributed by atoms with Gasteiger partial charge in [-0.15, -0.1) is 0 Å². The first kappa shape index (κ1) is 17.0. The van der Waals surface area contributed by atoms with E-state index in [9.17, 15) is 14.4 Å². The Bertz CT molecular complexity index is 629. The van der Waals surface area contributed by atoms with Gasteiger partial charge in [0.15, 0.2) is 12.4 Å². The maximum absolute atomic E-state index is 12.3. The number of amides is 1. The number of hydrogen-bond donors (Lipinski definition) is 1. The highest BCUT2D eigenvalue weighted by Crippen LogP contribution is 2.32. The van der Waals surface area contributed by atoms with Gasteiger partial charge in [0.2, 0.25) is 0 Å². The van der Waals surface area contributed by atoms with E-state index in [0.717, 1.165) is 0 Å². The molecule has 0 aliphatic carbocycles. The van der Waals surface area contributed by atoms with Crippen molar-refractivity contribution in [3.05, 3.63) is 23.8 Å². The highest BCUT2D eigenvalue weighted by molar-refractivity contribution is 6.02. The molecule has 1 heterocycles. The van der Waals surface area contributed by atoms with Crippen LogP contribution in [0.5, 0.6) is 5.75 Å². The van der Waals surface area contributed by atoms with Crippen LogP contribution < -0.4 is 9.64 Å². The van der Waals surface area contributed by atoms with Gasteiger partial charge >= 0.3 is 5.97 Å². The predicted octanol–water partition coefficient (Wildman–Crippen LogP) is 1.02. The number of likely N-dealkylation sites (N-methyl/N-ethyl adjacent to an activating group) is 2. The molecule has 1 aromatic carbocycles. The highest BCUT2D eigenvalue weighted by Gasteiger charge is 2.25. The third-order valence-corrected chi connectivity index (χ3v) is 3.66. The fraction of sp³-hybridized carbons (Fsp3) is 0.438. The quantitative estimate of drug-likeness (QED) is 0.755. The first-order valence-electron chi connectivity index (χ1n) is 7.43. The van der Waals surface area contributed by atoms with Crippen LogP contribution in [-0.4, -0.2) is 61.0 Å². The number of carboxylic acids is 1. The Balaban J connectivity index is 2.11. The van der Waals surface area contributed by atoms with Gasteiger partial charge in [-0.25, -0.2) is 0 Å². The number of ether oxygens (including phenoxy) is 1. The van der Waals surface area contributed by atoms with E-state index in [-0.39, 0.29) is 31.3 Å². The molecule has 7 heteroatoms. The van der Waals surface area contributed by atoms with Crippen molar-refractivity contribution in [3.63, 3.8) is 0 Å². The number of benzene rings is 1. The predicted molar refractivity (Wildman–Crippen MR) is 84.0 cm³/mol. The molecule has 0 saturated carbocycles. The van der Waals surface area contributed by atoms with Gasteiger partial charge in [-0.2, -0.15) is 0 Å². The van der Waals surface area contributed by atoms with Gasteiger partial charge in [-0.1, -0.05) is 0 Å². The number of nitrogens with zero attached hydrogens (tertiary/aromatic N) is 2. The number of aliphatic carboxylic acids is 1. The van der Waals surface area contributed by atoms with Crippen molar-refractivity contribution < 1.29 is 24.2 Å². The molecule has 2 rings (SSSR count). The lowest BCUT2D eigenvalue weighted by Gasteiger charge is -2.28. The minimum absolute atomic E-state index is 0.00601. The number of rotatable bonds is 7. The van der Waals surface area contributed by atoms with E-state index in [1.165, 1.54) is 0 Å². The summed E-state index contributed by atoms with van der Waals surface area (Å²) in [7, 11) is 1.70. The van der Waals surface area contributed by atoms with Crippen molar-refractivity contribution in [1.29, 1.82) is 0 Å². The van der Waals surface area contributed by atoms with Crippen LogP contribution in [0.3, 0.4) is 0 Å². The Morgan fingerprint density at radius 1 is 1.39 bits per heavy atom. The normalized spacial score (nSPS) is 13.7. The van der Waals surface area contributed by atoms with Crippen LogP contribution in [0.2, 0.25) is 0 Å². The summed E-state index contributed by atoms with van der Waals surface area (Å²) in [4.78, 5) is 38.0. The second-order valence-corrected chi connectivity index (χ2v) is 5.41. The molecule has 0 fully saturated rings. The molecule has 1 amide bonds. The summed E-state index contributed by atoms with van der Waals surface area (Å²) in [5.41, 5.74) is 1.07. The molecule has 1 aromatic rings. The largest absolute Gasteiger partial charge is 0.482 e. The standard InChI is InChI=1S/C16H20N2O5/c1-3-18-12-8-11(4-5-14(12)23-10-15(18)20)13(19)9-17(2)7-6-16(21)22/h4-5,8H,3,6-7,9-10H2,1-2H3,(H,21,22). The highest BCUT2D eigenvalue weighted by atomic mass is 16.5. The number of hydrogen-bond acceptors (Lipinski definition) is 5. The number of anilines is 1. The van der Waals surface area contributed by atoms with Crippen LogP contribution in [0.4, 0.5) is 5.69 Å². The summed E-state index contributed by atoms with van der Waals surface area (Å²) in [6, 6.07) is 5.01. The van der Waals surface area contributed by atoms with E-state index in [2.05, 4.69) is 0 Å². The molecule has 0 saturated heterocycles. The van der Waals surface area contributed by atoms with Crippen molar-refractivity contribution >= 4 is 23.3 Å². The second kappa shape index (κ2) is 7.23. The lowest BCUT2D eigenvalue weighted by Crippen LogP contribution is -2.38. The fourth-order valence-electron chi connectivity index (χ4n) is 2.42. The zero-order chi connectivity index (χ0) is 17.0. The SMILES string of the molecule is CCN1C(=O)COc2ccc(C(=O)CN(C)CCC(=O)O)cc21. The van der Waals surface area contributed by atoms with E-state index in [4.69, 9.17) is 9.84 Å². The van der Waals surface area contributed by atoms with E-state index >= 15 is 0 Å². The number of carboxylic acid groups (broad SMARTS) is 1. The molecular weight excluding hydrogens is 300 g/mol. The Morgan fingerprint density at radius 3 is 2.78 bits per heavy atom. The van der Waals surface area contributed by atoms with Crippen molar-refractivity contribution in [2.24, 2.45) is 0 Å². The molecule has 1 aliphatic rings. The molecule has 7 nitrogen and oxygen atoms in total. The zero-order valence-electron chi connectivity index (χ0n) is 13.2. The molecule has 1 aliphatic heterocycles. The minimum atomic E-state index is -0.896. The van der Waals surface area contributed by atoms with Crippen molar-refractivity contribution in [3.8, 4) is 5.75 Å². The number of carbonyl (C=O) groups excluding carboxylic acids is 2. The topological polar surface area (TPSA) is 87.2 Å². The number of fused-ring (bicyclic) bond motifs is 1. The smallest absolute Gasteiger partial charge is 0.304 e. The average Bonchev–Trinajstić information content (AvgIpc) is 2.52. The van der Waals surface area contributed by atoms with Crippen LogP contribution in [-0.2, 0) is 9.59 Å². The lowest BCUT2D eigenvalue weighted by molar-refractivity contribution is -0.137. The lowest BCUT2D eigenvalue weighted by atomic mass is 10.1.